The van der Waals surface area contributed by atoms with Gasteiger partial charge in [0.2, 0.25) is 0 Å². The fourth-order valence-corrected chi connectivity index (χ4v) is 2.64. The summed E-state index contributed by atoms with van der Waals surface area (Å²) in [6.07, 6.45) is 6.39. The van der Waals surface area contributed by atoms with E-state index in [2.05, 4.69) is 0 Å². The molecule has 2 aliphatic carbocycles. The van der Waals surface area contributed by atoms with Gasteiger partial charge in [-0.15, -0.1) is 0 Å². The van der Waals surface area contributed by atoms with Gasteiger partial charge in [0, 0.05) is 5.92 Å². The quantitative estimate of drug-likeness (QED) is 0.538. The van der Waals surface area contributed by atoms with Crippen LogP contribution in [0.1, 0.15) is 13.3 Å². The zero-order chi connectivity index (χ0) is 10.3. The van der Waals surface area contributed by atoms with Gasteiger partial charge in [-0.1, -0.05) is 12.2 Å². The van der Waals surface area contributed by atoms with Crippen molar-refractivity contribution in [3.8, 4) is 0 Å². The van der Waals surface area contributed by atoms with Crippen LogP contribution in [-0.4, -0.2) is 18.2 Å². The highest BCUT2D eigenvalue weighted by Crippen LogP contribution is 2.69. The molecule has 0 unspecified atom stereocenters. The summed E-state index contributed by atoms with van der Waals surface area (Å²) < 4.78 is 4.75. The standard InChI is InChI=1S/C11H14O3/c1-3-4-7-8-5-6-9(12)11(7,8)10(13)14-2/h3-4,6-8,12H,5H2,1-2H3/b4-3-/t7-,8-,11-/m1/s1. The van der Waals surface area contributed by atoms with E-state index in [1.807, 2.05) is 19.1 Å². The third-order valence-electron chi connectivity index (χ3n) is 3.35. The SMILES string of the molecule is C/C=C\[C@@H]1[C@H]2CC=C(O)[C@@]12C(=O)OC. The lowest BCUT2D eigenvalue weighted by Crippen LogP contribution is -2.21. The molecular formula is C11H14O3. The molecule has 1 N–H and O–H groups in total. The zero-order valence-electron chi connectivity index (χ0n) is 8.36. The zero-order valence-corrected chi connectivity index (χ0v) is 8.36. The highest BCUT2D eigenvalue weighted by Gasteiger charge is 2.73. The maximum Gasteiger partial charge on any atom is 0.320 e. The van der Waals surface area contributed by atoms with Gasteiger partial charge in [0.25, 0.3) is 0 Å². The van der Waals surface area contributed by atoms with Gasteiger partial charge in [-0.05, 0) is 25.3 Å². The van der Waals surface area contributed by atoms with E-state index in [9.17, 15) is 9.90 Å². The molecule has 0 heterocycles. The molecule has 0 bridgehead atoms. The molecule has 2 aliphatic rings. The maximum absolute atomic E-state index is 11.6. The molecule has 0 aliphatic heterocycles. The monoisotopic (exact) mass is 194 g/mol. The summed E-state index contributed by atoms with van der Waals surface area (Å²) in [6, 6.07) is 0. The Kier molecular flexibility index (Phi) is 1.91. The Hall–Kier alpha value is -1.25. The van der Waals surface area contributed by atoms with Gasteiger partial charge in [0.1, 0.15) is 11.2 Å². The minimum atomic E-state index is -0.735. The summed E-state index contributed by atoms with van der Waals surface area (Å²) in [4.78, 5) is 11.6. The van der Waals surface area contributed by atoms with Crippen LogP contribution in [0.15, 0.2) is 24.0 Å². The van der Waals surface area contributed by atoms with Crippen LogP contribution in [0.25, 0.3) is 0 Å². The Bertz CT molecular complexity index is 329. The number of rotatable bonds is 2. The van der Waals surface area contributed by atoms with Crippen molar-refractivity contribution in [2.24, 2.45) is 17.3 Å². The lowest BCUT2D eigenvalue weighted by atomic mass is 10.0. The number of methoxy groups -OCH3 is 1. The number of carbonyl (C=O) groups is 1. The molecule has 3 atom stereocenters. The van der Waals surface area contributed by atoms with Crippen LogP contribution in [0.2, 0.25) is 0 Å². The number of allylic oxidation sites excluding steroid dienone is 3. The second kappa shape index (κ2) is 2.87. The first kappa shape index (κ1) is 9.31. The van der Waals surface area contributed by atoms with Crippen molar-refractivity contribution in [3.05, 3.63) is 24.0 Å². The predicted octanol–water partition coefficient (Wildman–Crippen LogP) is 1.81. The number of fused-ring (bicyclic) bond motifs is 1. The average Bonchev–Trinajstić information content (AvgIpc) is 2.69. The van der Waals surface area contributed by atoms with Crippen molar-refractivity contribution >= 4 is 5.97 Å². The van der Waals surface area contributed by atoms with E-state index in [0.29, 0.717) is 0 Å². The molecule has 1 saturated carbocycles. The van der Waals surface area contributed by atoms with Gasteiger partial charge < -0.3 is 9.84 Å². The van der Waals surface area contributed by atoms with E-state index < -0.39 is 5.41 Å². The normalized spacial score (nSPS) is 39.4. The van der Waals surface area contributed by atoms with E-state index in [1.54, 1.807) is 6.08 Å². The topological polar surface area (TPSA) is 46.5 Å². The number of esters is 1. The van der Waals surface area contributed by atoms with Crippen LogP contribution in [0.5, 0.6) is 0 Å². The van der Waals surface area contributed by atoms with Crippen LogP contribution < -0.4 is 0 Å². The molecule has 0 spiro atoms. The first-order valence-electron chi connectivity index (χ1n) is 4.80. The lowest BCUT2D eigenvalue weighted by molar-refractivity contribution is -0.147. The maximum atomic E-state index is 11.6. The number of aliphatic hydroxyl groups is 1. The van der Waals surface area contributed by atoms with Gasteiger partial charge in [-0.2, -0.15) is 0 Å². The number of aliphatic hydroxyl groups excluding tert-OH is 1. The molecule has 0 aromatic carbocycles. The van der Waals surface area contributed by atoms with Crippen molar-refractivity contribution in [3.63, 3.8) is 0 Å². The second-order valence-corrected chi connectivity index (χ2v) is 3.84. The molecule has 1 fully saturated rings. The molecule has 14 heavy (non-hydrogen) atoms. The second-order valence-electron chi connectivity index (χ2n) is 3.84. The van der Waals surface area contributed by atoms with Gasteiger partial charge in [0.05, 0.1) is 7.11 Å². The number of carbonyl (C=O) groups excluding carboxylic acids is 1. The Morgan fingerprint density at radius 3 is 3.07 bits per heavy atom. The molecule has 0 amide bonds. The molecule has 76 valence electrons. The summed E-state index contributed by atoms with van der Waals surface area (Å²) in [5.74, 6) is 0.227. The Morgan fingerprint density at radius 2 is 2.50 bits per heavy atom. The molecule has 0 saturated heterocycles. The largest absolute Gasteiger partial charge is 0.511 e. The Labute approximate surface area is 83.1 Å². The molecular weight excluding hydrogens is 180 g/mol. The first-order chi connectivity index (χ1) is 6.69. The summed E-state index contributed by atoms with van der Waals surface area (Å²) in [6.45, 7) is 1.92. The Balaban J connectivity index is 2.31. The fourth-order valence-electron chi connectivity index (χ4n) is 2.64. The van der Waals surface area contributed by atoms with Crippen LogP contribution in [0, 0.1) is 17.3 Å². The van der Waals surface area contributed by atoms with Crippen molar-refractivity contribution in [2.75, 3.05) is 7.11 Å². The van der Waals surface area contributed by atoms with E-state index in [4.69, 9.17) is 4.74 Å². The van der Waals surface area contributed by atoms with Crippen molar-refractivity contribution in [2.45, 2.75) is 13.3 Å². The van der Waals surface area contributed by atoms with Gasteiger partial charge in [-0.3, -0.25) is 4.79 Å². The van der Waals surface area contributed by atoms with Crippen LogP contribution in [0.3, 0.4) is 0 Å². The van der Waals surface area contributed by atoms with Crippen molar-refractivity contribution < 1.29 is 14.6 Å². The van der Waals surface area contributed by atoms with Gasteiger partial charge in [-0.25, -0.2) is 0 Å². The summed E-state index contributed by atoms with van der Waals surface area (Å²) in [7, 11) is 1.37. The fraction of sp³-hybridized carbons (Fsp3) is 0.545. The van der Waals surface area contributed by atoms with Crippen molar-refractivity contribution in [1.29, 1.82) is 0 Å². The molecule has 2 rings (SSSR count). The summed E-state index contributed by atoms with van der Waals surface area (Å²) in [5, 5.41) is 9.71. The van der Waals surface area contributed by atoms with E-state index in [1.165, 1.54) is 7.11 Å². The third kappa shape index (κ3) is 0.846. The summed E-state index contributed by atoms with van der Waals surface area (Å²) >= 11 is 0. The smallest absolute Gasteiger partial charge is 0.320 e. The number of hydrogen-bond acceptors (Lipinski definition) is 3. The first-order valence-corrected chi connectivity index (χ1v) is 4.80. The highest BCUT2D eigenvalue weighted by molar-refractivity contribution is 5.86. The minimum absolute atomic E-state index is 0.130. The molecule has 0 aromatic rings. The van der Waals surface area contributed by atoms with Gasteiger partial charge in [0.15, 0.2) is 0 Å². The molecule has 3 heteroatoms. The van der Waals surface area contributed by atoms with E-state index in [0.717, 1.165) is 6.42 Å². The molecule has 3 nitrogen and oxygen atoms in total. The van der Waals surface area contributed by atoms with E-state index in [-0.39, 0.29) is 23.6 Å². The minimum Gasteiger partial charge on any atom is -0.511 e. The van der Waals surface area contributed by atoms with Crippen LogP contribution in [0.4, 0.5) is 0 Å². The number of hydrogen-bond donors (Lipinski definition) is 1. The Morgan fingerprint density at radius 1 is 1.79 bits per heavy atom. The third-order valence-corrected chi connectivity index (χ3v) is 3.35. The van der Waals surface area contributed by atoms with E-state index >= 15 is 0 Å². The average molecular weight is 194 g/mol. The number of ether oxygens (including phenoxy) is 1. The lowest BCUT2D eigenvalue weighted by Gasteiger charge is -2.11. The molecule has 0 radical (unpaired) electrons. The molecule has 0 aromatic heterocycles. The van der Waals surface area contributed by atoms with Crippen molar-refractivity contribution in [1.82, 2.24) is 0 Å². The van der Waals surface area contributed by atoms with Crippen LogP contribution >= 0.6 is 0 Å². The van der Waals surface area contributed by atoms with Crippen LogP contribution in [-0.2, 0) is 9.53 Å². The highest BCUT2D eigenvalue weighted by atomic mass is 16.5. The summed E-state index contributed by atoms with van der Waals surface area (Å²) in [5.41, 5.74) is -0.735. The van der Waals surface area contributed by atoms with Gasteiger partial charge >= 0.3 is 5.97 Å². The predicted molar refractivity (Wildman–Crippen MR) is 51.6 cm³/mol.